The maximum atomic E-state index is 13.5. The van der Waals surface area contributed by atoms with Crippen LogP contribution in [0.1, 0.15) is 23.2 Å². The monoisotopic (exact) mass is 528 g/mol. The van der Waals surface area contributed by atoms with E-state index >= 15 is 0 Å². The van der Waals surface area contributed by atoms with Crippen LogP contribution in [0, 0.1) is 0 Å². The molecule has 0 radical (unpaired) electrons. The lowest BCUT2D eigenvalue weighted by molar-refractivity contribution is -0.159. The van der Waals surface area contributed by atoms with Crippen LogP contribution in [0.5, 0.6) is 0 Å². The van der Waals surface area contributed by atoms with Crippen molar-refractivity contribution in [2.45, 2.75) is 12.1 Å². The summed E-state index contributed by atoms with van der Waals surface area (Å²) in [6, 6.07) is 10.4. The van der Waals surface area contributed by atoms with E-state index in [1.54, 1.807) is 23.9 Å². The summed E-state index contributed by atoms with van der Waals surface area (Å²) in [7, 11) is 3.40. The first kappa shape index (κ1) is 19.4. The van der Waals surface area contributed by atoms with Crippen molar-refractivity contribution in [3.05, 3.63) is 68.9 Å². The fraction of sp³-hybridized carbons (Fsp3) is 0.182. The summed E-state index contributed by atoms with van der Waals surface area (Å²) < 4.78 is 1.90. The third-order valence-corrected chi connectivity index (χ3v) is 6.86. The molecule has 1 fully saturated rings. The summed E-state index contributed by atoms with van der Waals surface area (Å²) in [5.41, 5.74) is 3.43. The van der Waals surface area contributed by atoms with Gasteiger partial charge >= 0.3 is 0 Å². The molecule has 2 N–H and O–H groups in total. The highest BCUT2D eigenvalue weighted by Crippen LogP contribution is 2.39. The number of piperazine rings is 1. The molecule has 2 amide bonds. The zero-order chi connectivity index (χ0) is 21.2. The van der Waals surface area contributed by atoms with E-state index in [4.69, 9.17) is 0 Å². The van der Waals surface area contributed by atoms with Crippen molar-refractivity contribution in [2.75, 3.05) is 14.1 Å². The standard InChI is InChI=1S/C22H18Br2N4O2/c1-27-19(15-9-25-17-7-11(23)3-5-13(15)17)22(30)28(2)20(21(27)29)16-10-26-18-8-12(24)4-6-14(16)18/h3-10,19-20,25-26H,1-2H3/t19-,20+. The Hall–Kier alpha value is -2.58. The zero-order valence-corrected chi connectivity index (χ0v) is 19.4. The molecule has 152 valence electrons. The van der Waals surface area contributed by atoms with E-state index in [1.165, 1.54) is 0 Å². The van der Waals surface area contributed by atoms with Gasteiger partial charge in [0.1, 0.15) is 12.1 Å². The number of benzene rings is 2. The summed E-state index contributed by atoms with van der Waals surface area (Å²) in [5.74, 6) is -0.227. The van der Waals surface area contributed by atoms with Crippen molar-refractivity contribution in [3.63, 3.8) is 0 Å². The van der Waals surface area contributed by atoms with Crippen LogP contribution in [0.15, 0.2) is 57.7 Å². The maximum absolute atomic E-state index is 13.5. The van der Waals surface area contributed by atoms with Crippen LogP contribution >= 0.6 is 31.9 Å². The van der Waals surface area contributed by atoms with Crippen molar-refractivity contribution < 1.29 is 9.59 Å². The number of halogens is 2. The van der Waals surface area contributed by atoms with Gasteiger partial charge in [-0.15, -0.1) is 0 Å². The minimum Gasteiger partial charge on any atom is -0.361 e. The van der Waals surface area contributed by atoms with E-state index in [2.05, 4.69) is 41.8 Å². The number of carbonyl (C=O) groups is 2. The summed E-state index contributed by atoms with van der Waals surface area (Å²) in [6.45, 7) is 0. The molecule has 3 heterocycles. The number of nitrogens with zero attached hydrogens (tertiary/aromatic N) is 2. The average Bonchev–Trinajstić information content (AvgIpc) is 3.31. The predicted molar refractivity (Wildman–Crippen MR) is 123 cm³/mol. The van der Waals surface area contributed by atoms with Crippen LogP contribution in [0.4, 0.5) is 0 Å². The molecule has 6 nitrogen and oxygen atoms in total. The van der Waals surface area contributed by atoms with Crippen LogP contribution in [-0.2, 0) is 9.59 Å². The van der Waals surface area contributed by atoms with Crippen LogP contribution in [0.3, 0.4) is 0 Å². The number of likely N-dealkylation sites (N-methyl/N-ethyl adjacent to an activating group) is 2. The van der Waals surface area contributed by atoms with Crippen molar-refractivity contribution in [3.8, 4) is 0 Å². The highest BCUT2D eigenvalue weighted by Gasteiger charge is 2.45. The molecule has 1 aliphatic rings. The van der Waals surface area contributed by atoms with Gasteiger partial charge in [-0.25, -0.2) is 0 Å². The fourth-order valence-corrected chi connectivity index (χ4v) is 5.07. The molecule has 30 heavy (non-hydrogen) atoms. The second kappa shape index (κ2) is 6.99. The van der Waals surface area contributed by atoms with Gasteiger partial charge in [0.25, 0.3) is 11.8 Å². The van der Waals surface area contributed by atoms with Gasteiger partial charge < -0.3 is 19.8 Å². The molecular weight excluding hydrogens is 512 g/mol. The lowest BCUT2D eigenvalue weighted by Crippen LogP contribution is -2.54. The molecule has 0 saturated carbocycles. The van der Waals surface area contributed by atoms with Gasteiger partial charge in [0.15, 0.2) is 0 Å². The lowest BCUT2D eigenvalue weighted by Gasteiger charge is -2.41. The molecular formula is C22H18Br2N4O2. The summed E-state index contributed by atoms with van der Waals surface area (Å²) in [5, 5.41) is 1.86. The van der Waals surface area contributed by atoms with E-state index < -0.39 is 12.1 Å². The van der Waals surface area contributed by atoms with Crippen LogP contribution in [0.25, 0.3) is 21.8 Å². The van der Waals surface area contributed by atoms with Gasteiger partial charge in [-0.3, -0.25) is 9.59 Å². The van der Waals surface area contributed by atoms with Gasteiger partial charge in [0.05, 0.1) is 0 Å². The minimum atomic E-state index is -0.673. The molecule has 2 atom stereocenters. The average molecular weight is 530 g/mol. The van der Waals surface area contributed by atoms with E-state index in [1.807, 2.05) is 48.8 Å². The van der Waals surface area contributed by atoms with Gasteiger partial charge in [0, 0.05) is 68.4 Å². The Bertz CT molecular complexity index is 1220. The topological polar surface area (TPSA) is 72.2 Å². The number of fused-ring (bicyclic) bond motifs is 2. The third kappa shape index (κ3) is 2.81. The Morgan fingerprint density at radius 2 is 1.13 bits per heavy atom. The quantitative estimate of drug-likeness (QED) is 0.388. The number of amides is 2. The van der Waals surface area contributed by atoms with Crippen LogP contribution in [-0.4, -0.2) is 45.7 Å². The van der Waals surface area contributed by atoms with E-state index in [9.17, 15) is 9.59 Å². The smallest absolute Gasteiger partial charge is 0.250 e. The summed E-state index contributed by atoms with van der Waals surface area (Å²) >= 11 is 6.94. The molecule has 5 rings (SSSR count). The number of nitrogens with one attached hydrogen (secondary N) is 2. The molecule has 0 spiro atoms. The number of hydrogen-bond donors (Lipinski definition) is 2. The fourth-order valence-electron chi connectivity index (χ4n) is 4.35. The molecule has 0 bridgehead atoms. The van der Waals surface area contributed by atoms with Gasteiger partial charge in [-0.2, -0.15) is 0 Å². The predicted octanol–water partition coefficient (Wildman–Crippen LogP) is 4.89. The Morgan fingerprint density at radius 1 is 0.733 bits per heavy atom. The molecule has 2 aromatic carbocycles. The first-order valence-corrected chi connectivity index (χ1v) is 11.0. The third-order valence-electron chi connectivity index (χ3n) is 5.88. The molecule has 4 aromatic rings. The maximum Gasteiger partial charge on any atom is 0.250 e. The second-order valence-electron chi connectivity index (χ2n) is 7.57. The highest BCUT2D eigenvalue weighted by atomic mass is 79.9. The largest absolute Gasteiger partial charge is 0.361 e. The lowest BCUT2D eigenvalue weighted by atomic mass is 9.94. The van der Waals surface area contributed by atoms with Crippen molar-refractivity contribution in [1.29, 1.82) is 0 Å². The molecule has 1 saturated heterocycles. The number of H-pyrrole nitrogens is 2. The van der Waals surface area contributed by atoms with Crippen molar-refractivity contribution >= 4 is 65.5 Å². The van der Waals surface area contributed by atoms with E-state index in [-0.39, 0.29) is 11.8 Å². The summed E-state index contributed by atoms with van der Waals surface area (Å²) in [6.07, 6.45) is 3.64. The Balaban J connectivity index is 1.58. The normalized spacial score (nSPS) is 20.0. The van der Waals surface area contributed by atoms with Crippen molar-refractivity contribution in [2.24, 2.45) is 0 Å². The molecule has 8 heteroatoms. The summed E-state index contributed by atoms with van der Waals surface area (Å²) in [4.78, 5) is 36.5. The SMILES string of the molecule is CN1C(=O)[C@@H](c2c[nH]c3cc(Br)ccc23)N(C)C(=O)[C@@H]1c1c[nH]c2cc(Br)ccc12. The zero-order valence-electron chi connectivity index (χ0n) is 16.2. The molecule has 1 aliphatic heterocycles. The number of hydrogen-bond acceptors (Lipinski definition) is 2. The Morgan fingerprint density at radius 3 is 1.53 bits per heavy atom. The number of rotatable bonds is 2. The highest BCUT2D eigenvalue weighted by molar-refractivity contribution is 9.10. The Kier molecular flexibility index (Phi) is 4.52. The van der Waals surface area contributed by atoms with Gasteiger partial charge in [-0.05, 0) is 24.3 Å². The van der Waals surface area contributed by atoms with Gasteiger partial charge in [0.2, 0.25) is 0 Å². The van der Waals surface area contributed by atoms with Crippen LogP contribution in [0.2, 0.25) is 0 Å². The first-order valence-electron chi connectivity index (χ1n) is 9.43. The Labute approximate surface area is 189 Å². The van der Waals surface area contributed by atoms with E-state index in [0.29, 0.717) is 0 Å². The molecule has 2 aromatic heterocycles. The van der Waals surface area contributed by atoms with E-state index in [0.717, 1.165) is 41.9 Å². The number of carbonyl (C=O) groups excluding carboxylic acids is 2. The first-order chi connectivity index (χ1) is 14.4. The number of aromatic amines is 2. The molecule has 0 aliphatic carbocycles. The second-order valence-corrected chi connectivity index (χ2v) is 9.40. The van der Waals surface area contributed by atoms with Crippen molar-refractivity contribution in [1.82, 2.24) is 19.8 Å². The van der Waals surface area contributed by atoms with Crippen LogP contribution < -0.4 is 0 Å². The minimum absolute atomic E-state index is 0.114. The molecule has 0 unspecified atom stereocenters. The number of aromatic nitrogens is 2. The van der Waals surface area contributed by atoms with Gasteiger partial charge in [-0.1, -0.05) is 44.0 Å².